The van der Waals surface area contributed by atoms with E-state index in [-0.39, 0.29) is 18.4 Å². The molecule has 0 aromatic heterocycles. The molecule has 8 nitrogen and oxygen atoms in total. The van der Waals surface area contributed by atoms with E-state index < -0.39 is 23.8 Å². The van der Waals surface area contributed by atoms with Crippen molar-refractivity contribution >= 4 is 23.9 Å². The Morgan fingerprint density at radius 3 is 2.35 bits per heavy atom. The van der Waals surface area contributed by atoms with Gasteiger partial charge < -0.3 is 25.2 Å². The highest BCUT2D eigenvalue weighted by molar-refractivity contribution is 6.06. The van der Waals surface area contributed by atoms with Crippen molar-refractivity contribution < 1.29 is 29.0 Å². The van der Waals surface area contributed by atoms with E-state index in [1.165, 1.54) is 6.08 Å². The van der Waals surface area contributed by atoms with Gasteiger partial charge in [-0.1, -0.05) is 37.6 Å². The quantitative estimate of drug-likeness (QED) is 0.589. The number of nitrogens with one attached hydrogen (secondary N) is 2. The summed E-state index contributed by atoms with van der Waals surface area (Å²) in [6.07, 6.45) is 1.46. The number of fused-ring (bicyclic) bond motifs is 1. The molecule has 0 saturated carbocycles. The maximum absolute atomic E-state index is 12.9. The summed E-state index contributed by atoms with van der Waals surface area (Å²) in [6, 6.07) is 10.8. The molecule has 0 bridgehead atoms. The van der Waals surface area contributed by atoms with Gasteiger partial charge in [0.2, 0.25) is 6.79 Å². The van der Waals surface area contributed by atoms with Crippen molar-refractivity contribution in [3.63, 3.8) is 0 Å². The third kappa shape index (κ3) is 5.42. The summed E-state index contributed by atoms with van der Waals surface area (Å²) in [5.74, 6) is -1.60. The molecule has 1 heterocycles. The molecule has 3 N–H and O–H groups in total. The Kier molecular flexibility index (Phi) is 6.59. The second-order valence-corrected chi connectivity index (χ2v) is 7.52. The molecule has 1 aliphatic heterocycles. The highest BCUT2D eigenvalue weighted by Crippen LogP contribution is 2.33. The lowest BCUT2D eigenvalue weighted by atomic mass is 10.0. The average molecular weight is 424 g/mol. The van der Waals surface area contributed by atoms with Crippen LogP contribution in [0.2, 0.25) is 0 Å². The number of aliphatic carboxylic acids is 1. The minimum absolute atomic E-state index is 0.0867. The highest BCUT2D eigenvalue weighted by Gasteiger charge is 2.26. The van der Waals surface area contributed by atoms with Crippen LogP contribution in [0.5, 0.6) is 11.5 Å². The van der Waals surface area contributed by atoms with Crippen LogP contribution in [-0.2, 0) is 9.59 Å². The molecule has 0 spiro atoms. The summed E-state index contributed by atoms with van der Waals surface area (Å²) in [4.78, 5) is 37.1. The Bertz CT molecular complexity index is 1030. The summed E-state index contributed by atoms with van der Waals surface area (Å²) in [5, 5.41) is 14.5. The zero-order valence-corrected chi connectivity index (χ0v) is 17.5. The molecule has 2 amide bonds. The molecule has 162 valence electrons. The molecule has 0 unspecified atom stereocenters. The van der Waals surface area contributed by atoms with Crippen LogP contribution in [0.25, 0.3) is 6.08 Å². The van der Waals surface area contributed by atoms with Gasteiger partial charge >= 0.3 is 5.97 Å². The summed E-state index contributed by atoms with van der Waals surface area (Å²) < 4.78 is 10.6. The number of hydrogen-bond donors (Lipinski definition) is 3. The number of rotatable bonds is 7. The fourth-order valence-corrected chi connectivity index (χ4v) is 2.96. The molecule has 3 rings (SSSR count). The van der Waals surface area contributed by atoms with Crippen molar-refractivity contribution in [1.29, 1.82) is 0 Å². The second kappa shape index (κ2) is 9.34. The average Bonchev–Trinajstić information content (AvgIpc) is 3.19. The summed E-state index contributed by atoms with van der Waals surface area (Å²) in [7, 11) is 0. The van der Waals surface area contributed by atoms with Gasteiger partial charge in [0.1, 0.15) is 11.7 Å². The van der Waals surface area contributed by atoms with Gasteiger partial charge in [0.15, 0.2) is 11.5 Å². The molecule has 31 heavy (non-hydrogen) atoms. The van der Waals surface area contributed by atoms with E-state index in [4.69, 9.17) is 9.47 Å². The monoisotopic (exact) mass is 424 g/mol. The number of benzene rings is 2. The van der Waals surface area contributed by atoms with E-state index >= 15 is 0 Å². The van der Waals surface area contributed by atoms with Crippen LogP contribution in [0.15, 0.2) is 48.2 Å². The predicted octanol–water partition coefficient (Wildman–Crippen LogP) is 2.72. The van der Waals surface area contributed by atoms with E-state index in [1.54, 1.807) is 56.3 Å². The minimum Gasteiger partial charge on any atom is -0.480 e. The molecule has 1 aliphatic rings. The van der Waals surface area contributed by atoms with Crippen molar-refractivity contribution in [2.75, 3.05) is 6.79 Å². The highest BCUT2D eigenvalue weighted by atomic mass is 16.7. The van der Waals surface area contributed by atoms with Gasteiger partial charge in [-0.25, -0.2) is 4.79 Å². The lowest BCUT2D eigenvalue weighted by Crippen LogP contribution is -2.47. The zero-order valence-electron chi connectivity index (χ0n) is 17.5. The first-order chi connectivity index (χ1) is 14.7. The van der Waals surface area contributed by atoms with Crippen LogP contribution in [-0.4, -0.2) is 35.7 Å². The Labute approximate surface area is 179 Å². The maximum Gasteiger partial charge on any atom is 0.326 e. The second-order valence-electron chi connectivity index (χ2n) is 7.52. The SMILES string of the molecule is Cc1ccc(C(=O)N/C(=C\c2ccc3c(c2)OCO3)C(=O)N[C@@H](C(=O)O)C(C)C)cc1. The van der Waals surface area contributed by atoms with E-state index in [1.807, 2.05) is 6.92 Å². The van der Waals surface area contributed by atoms with Crippen molar-refractivity contribution in [2.45, 2.75) is 26.8 Å². The molecular weight excluding hydrogens is 400 g/mol. The van der Waals surface area contributed by atoms with E-state index in [0.717, 1.165) is 5.56 Å². The number of carboxylic acid groups (broad SMARTS) is 1. The molecule has 0 saturated heterocycles. The predicted molar refractivity (Wildman–Crippen MR) is 114 cm³/mol. The largest absolute Gasteiger partial charge is 0.480 e. The third-order valence-corrected chi connectivity index (χ3v) is 4.73. The number of carboxylic acids is 1. The molecule has 0 fully saturated rings. The molecule has 2 aromatic carbocycles. The van der Waals surface area contributed by atoms with Gasteiger partial charge in [0.25, 0.3) is 11.8 Å². The number of hydrogen-bond acceptors (Lipinski definition) is 5. The van der Waals surface area contributed by atoms with Crippen LogP contribution < -0.4 is 20.1 Å². The summed E-state index contributed by atoms with van der Waals surface area (Å²) in [5.41, 5.74) is 1.85. The summed E-state index contributed by atoms with van der Waals surface area (Å²) in [6.45, 7) is 5.38. The molecule has 0 radical (unpaired) electrons. The minimum atomic E-state index is -1.16. The van der Waals surface area contributed by atoms with Crippen molar-refractivity contribution in [3.05, 3.63) is 64.9 Å². The lowest BCUT2D eigenvalue weighted by Gasteiger charge is -2.19. The normalized spacial score (nSPS) is 13.6. The van der Waals surface area contributed by atoms with Gasteiger partial charge in [-0.3, -0.25) is 9.59 Å². The summed E-state index contributed by atoms with van der Waals surface area (Å²) >= 11 is 0. The van der Waals surface area contributed by atoms with Crippen molar-refractivity contribution in [3.8, 4) is 11.5 Å². The van der Waals surface area contributed by atoms with E-state index in [2.05, 4.69) is 10.6 Å². The number of ether oxygens (including phenoxy) is 2. The topological polar surface area (TPSA) is 114 Å². The van der Waals surface area contributed by atoms with E-state index in [0.29, 0.717) is 22.6 Å². The molecule has 8 heteroatoms. The van der Waals surface area contributed by atoms with Crippen molar-refractivity contribution in [2.24, 2.45) is 5.92 Å². The molecular formula is C23H24N2O6. The molecule has 1 atom stereocenters. The number of carbonyl (C=O) groups is 3. The maximum atomic E-state index is 12.9. The van der Waals surface area contributed by atoms with Crippen LogP contribution in [0.4, 0.5) is 0 Å². The molecule has 2 aromatic rings. The molecule has 0 aliphatic carbocycles. The standard InChI is InChI=1S/C23H24N2O6/c1-13(2)20(23(28)29)25-22(27)17(24-21(26)16-7-4-14(3)5-8-16)10-15-6-9-18-19(11-15)31-12-30-18/h4-11,13,20H,12H2,1-3H3,(H,24,26)(H,25,27)(H,28,29)/b17-10-/t20-/m1/s1. The van der Waals surface area contributed by atoms with Crippen LogP contribution in [0, 0.1) is 12.8 Å². The zero-order chi connectivity index (χ0) is 22.5. The van der Waals surface area contributed by atoms with Crippen LogP contribution >= 0.6 is 0 Å². The van der Waals surface area contributed by atoms with Gasteiger partial charge in [0.05, 0.1) is 0 Å². The fraction of sp³-hybridized carbons (Fsp3) is 0.261. The van der Waals surface area contributed by atoms with E-state index in [9.17, 15) is 19.5 Å². The number of carbonyl (C=O) groups excluding carboxylic acids is 2. The van der Waals surface area contributed by atoms with Crippen molar-refractivity contribution in [1.82, 2.24) is 10.6 Å². The Hall–Kier alpha value is -3.81. The first kappa shape index (κ1) is 21.9. The Morgan fingerprint density at radius 1 is 1.03 bits per heavy atom. The van der Waals surface area contributed by atoms with Gasteiger partial charge in [0, 0.05) is 5.56 Å². The lowest BCUT2D eigenvalue weighted by molar-refractivity contribution is -0.142. The Morgan fingerprint density at radius 2 is 1.71 bits per heavy atom. The van der Waals surface area contributed by atoms with Gasteiger partial charge in [-0.15, -0.1) is 0 Å². The number of aryl methyl sites for hydroxylation is 1. The van der Waals surface area contributed by atoms with Crippen LogP contribution in [0.1, 0.15) is 35.3 Å². The van der Waals surface area contributed by atoms with Gasteiger partial charge in [-0.05, 0) is 48.7 Å². The van der Waals surface area contributed by atoms with Crippen LogP contribution in [0.3, 0.4) is 0 Å². The van der Waals surface area contributed by atoms with Gasteiger partial charge in [-0.2, -0.15) is 0 Å². The fourth-order valence-electron chi connectivity index (χ4n) is 2.96. The smallest absolute Gasteiger partial charge is 0.326 e. The third-order valence-electron chi connectivity index (χ3n) is 4.73. The number of amides is 2. The first-order valence-corrected chi connectivity index (χ1v) is 9.77. The first-order valence-electron chi connectivity index (χ1n) is 9.77. The Balaban J connectivity index is 1.90.